The molecule has 0 spiro atoms. The zero-order chi connectivity index (χ0) is 13.2. The van der Waals surface area contributed by atoms with E-state index in [1.165, 1.54) is 16.7 Å². The maximum atomic E-state index is 6.37. The van der Waals surface area contributed by atoms with E-state index in [4.69, 9.17) is 4.74 Å². The van der Waals surface area contributed by atoms with Gasteiger partial charge in [-0.05, 0) is 38.3 Å². The van der Waals surface area contributed by atoms with E-state index < -0.39 is 0 Å². The number of nitrogens with one attached hydrogen (secondary N) is 1. The Bertz CT molecular complexity index is 412. The lowest BCUT2D eigenvalue weighted by atomic mass is 9.94. The molecule has 2 atom stereocenters. The molecule has 100 valence electrons. The van der Waals surface area contributed by atoms with Gasteiger partial charge in [0, 0.05) is 13.1 Å². The van der Waals surface area contributed by atoms with Gasteiger partial charge in [0.05, 0.1) is 11.7 Å². The first-order valence-corrected chi connectivity index (χ1v) is 7.00. The van der Waals surface area contributed by atoms with Crippen molar-refractivity contribution in [1.82, 2.24) is 5.32 Å². The van der Waals surface area contributed by atoms with Crippen LogP contribution in [0.15, 0.2) is 18.2 Å². The summed E-state index contributed by atoms with van der Waals surface area (Å²) in [4.78, 5) is 0. The molecule has 18 heavy (non-hydrogen) atoms. The van der Waals surface area contributed by atoms with Crippen LogP contribution in [0.5, 0.6) is 0 Å². The molecule has 2 rings (SSSR count). The molecule has 1 aromatic rings. The van der Waals surface area contributed by atoms with E-state index in [-0.39, 0.29) is 11.7 Å². The molecule has 1 heterocycles. The number of aryl methyl sites for hydroxylation is 2. The topological polar surface area (TPSA) is 21.3 Å². The molecule has 2 unspecified atom stereocenters. The lowest BCUT2D eigenvalue weighted by molar-refractivity contribution is -0.112. The van der Waals surface area contributed by atoms with Crippen LogP contribution < -0.4 is 5.32 Å². The van der Waals surface area contributed by atoms with Gasteiger partial charge >= 0.3 is 0 Å². The minimum Gasteiger partial charge on any atom is -0.365 e. The first-order valence-electron chi connectivity index (χ1n) is 7.00. The van der Waals surface area contributed by atoms with Crippen molar-refractivity contribution in [3.8, 4) is 0 Å². The van der Waals surface area contributed by atoms with Gasteiger partial charge in [-0.25, -0.2) is 0 Å². The van der Waals surface area contributed by atoms with Crippen LogP contribution >= 0.6 is 0 Å². The zero-order valence-corrected chi connectivity index (χ0v) is 12.0. The minimum atomic E-state index is -0.0200. The van der Waals surface area contributed by atoms with Gasteiger partial charge in [-0.1, -0.05) is 37.1 Å². The molecule has 2 heteroatoms. The van der Waals surface area contributed by atoms with Crippen LogP contribution in [-0.4, -0.2) is 18.7 Å². The number of hydrogen-bond donors (Lipinski definition) is 1. The van der Waals surface area contributed by atoms with E-state index in [9.17, 15) is 0 Å². The maximum absolute atomic E-state index is 6.37. The summed E-state index contributed by atoms with van der Waals surface area (Å²) in [6.07, 6.45) is 2.47. The highest BCUT2D eigenvalue weighted by molar-refractivity contribution is 5.32. The Morgan fingerprint density at radius 2 is 2.17 bits per heavy atom. The molecule has 0 amide bonds. The van der Waals surface area contributed by atoms with E-state index in [0.29, 0.717) is 0 Å². The quantitative estimate of drug-likeness (QED) is 0.882. The molecular formula is C16H25NO. The summed E-state index contributed by atoms with van der Waals surface area (Å²) in [6.45, 7) is 10.6. The van der Waals surface area contributed by atoms with Gasteiger partial charge < -0.3 is 10.1 Å². The Hall–Kier alpha value is -0.860. The fourth-order valence-electron chi connectivity index (χ4n) is 2.85. The van der Waals surface area contributed by atoms with Crippen LogP contribution in [0.4, 0.5) is 0 Å². The molecule has 2 nitrogen and oxygen atoms in total. The van der Waals surface area contributed by atoms with Gasteiger partial charge in [-0.15, -0.1) is 0 Å². The third-order valence-corrected chi connectivity index (χ3v) is 3.82. The highest BCUT2D eigenvalue weighted by atomic mass is 16.5. The van der Waals surface area contributed by atoms with E-state index >= 15 is 0 Å². The molecule has 0 saturated carbocycles. The summed E-state index contributed by atoms with van der Waals surface area (Å²) >= 11 is 0. The van der Waals surface area contributed by atoms with Gasteiger partial charge in [0.1, 0.15) is 0 Å². The summed E-state index contributed by atoms with van der Waals surface area (Å²) in [6, 6.07) is 6.62. The van der Waals surface area contributed by atoms with E-state index in [1.807, 2.05) is 0 Å². The van der Waals surface area contributed by atoms with Crippen molar-refractivity contribution < 1.29 is 4.74 Å². The first-order chi connectivity index (χ1) is 8.54. The standard InChI is InChI=1S/C16H25NO/c1-5-8-16(4)11-17-10-15(18-16)14-9-12(2)6-7-13(14)3/h6-7,9,15,17H,5,8,10-11H2,1-4H3. The van der Waals surface area contributed by atoms with Gasteiger partial charge in [0.15, 0.2) is 0 Å². The Kier molecular flexibility index (Phi) is 4.08. The molecule has 0 aliphatic carbocycles. The van der Waals surface area contributed by atoms with E-state index in [2.05, 4.69) is 51.2 Å². The number of ether oxygens (including phenoxy) is 1. The molecule has 0 bridgehead atoms. The summed E-state index contributed by atoms with van der Waals surface area (Å²) in [5.41, 5.74) is 3.95. The summed E-state index contributed by atoms with van der Waals surface area (Å²) in [5, 5.41) is 3.53. The van der Waals surface area contributed by atoms with Crippen molar-refractivity contribution in [3.05, 3.63) is 34.9 Å². The summed E-state index contributed by atoms with van der Waals surface area (Å²) in [5.74, 6) is 0. The average Bonchev–Trinajstić information content (AvgIpc) is 2.32. The number of hydrogen-bond acceptors (Lipinski definition) is 2. The molecule has 1 aliphatic rings. The third kappa shape index (κ3) is 2.93. The van der Waals surface area contributed by atoms with Crippen LogP contribution in [0.3, 0.4) is 0 Å². The van der Waals surface area contributed by atoms with E-state index in [1.54, 1.807) is 0 Å². The van der Waals surface area contributed by atoms with Crippen LogP contribution in [0.2, 0.25) is 0 Å². The first kappa shape index (κ1) is 13.6. The Balaban J connectivity index is 2.20. The lowest BCUT2D eigenvalue weighted by Gasteiger charge is -2.40. The highest BCUT2D eigenvalue weighted by Gasteiger charge is 2.33. The zero-order valence-electron chi connectivity index (χ0n) is 12.0. The molecule has 1 aliphatic heterocycles. The molecular weight excluding hydrogens is 222 g/mol. The van der Waals surface area contributed by atoms with Crippen LogP contribution in [0.25, 0.3) is 0 Å². The van der Waals surface area contributed by atoms with Gasteiger partial charge in [-0.3, -0.25) is 0 Å². The third-order valence-electron chi connectivity index (χ3n) is 3.82. The fraction of sp³-hybridized carbons (Fsp3) is 0.625. The Morgan fingerprint density at radius 1 is 1.39 bits per heavy atom. The van der Waals surface area contributed by atoms with Crippen molar-refractivity contribution in [3.63, 3.8) is 0 Å². The molecule has 0 radical (unpaired) electrons. The minimum absolute atomic E-state index is 0.0200. The average molecular weight is 247 g/mol. The molecule has 0 aromatic heterocycles. The second-order valence-electron chi connectivity index (χ2n) is 5.80. The smallest absolute Gasteiger partial charge is 0.0959 e. The maximum Gasteiger partial charge on any atom is 0.0959 e. The second kappa shape index (κ2) is 5.41. The Morgan fingerprint density at radius 3 is 2.89 bits per heavy atom. The van der Waals surface area contributed by atoms with Crippen LogP contribution in [0, 0.1) is 13.8 Å². The van der Waals surface area contributed by atoms with Crippen LogP contribution in [0.1, 0.15) is 49.5 Å². The van der Waals surface area contributed by atoms with Crippen molar-refractivity contribution >= 4 is 0 Å². The van der Waals surface area contributed by atoms with Gasteiger partial charge in [0.25, 0.3) is 0 Å². The monoisotopic (exact) mass is 247 g/mol. The SMILES string of the molecule is CCCC1(C)CNCC(c2cc(C)ccc2C)O1. The van der Waals surface area contributed by atoms with Crippen molar-refractivity contribution in [2.75, 3.05) is 13.1 Å². The van der Waals surface area contributed by atoms with E-state index in [0.717, 1.165) is 25.9 Å². The van der Waals surface area contributed by atoms with Crippen molar-refractivity contribution in [1.29, 1.82) is 0 Å². The van der Waals surface area contributed by atoms with Crippen molar-refractivity contribution in [2.45, 2.75) is 52.2 Å². The van der Waals surface area contributed by atoms with Crippen molar-refractivity contribution in [2.24, 2.45) is 0 Å². The normalized spacial score (nSPS) is 28.3. The van der Waals surface area contributed by atoms with Gasteiger partial charge in [-0.2, -0.15) is 0 Å². The fourth-order valence-corrected chi connectivity index (χ4v) is 2.85. The highest BCUT2D eigenvalue weighted by Crippen LogP contribution is 2.31. The predicted molar refractivity (Wildman–Crippen MR) is 75.9 cm³/mol. The molecule has 1 fully saturated rings. The second-order valence-corrected chi connectivity index (χ2v) is 5.80. The van der Waals surface area contributed by atoms with Crippen LogP contribution in [-0.2, 0) is 4.74 Å². The predicted octanol–water partition coefficient (Wildman–Crippen LogP) is 3.52. The summed E-state index contributed by atoms with van der Waals surface area (Å²) in [7, 11) is 0. The Labute approximate surface area is 111 Å². The molecule has 1 aromatic carbocycles. The number of rotatable bonds is 3. The molecule has 1 N–H and O–H groups in total. The number of morpholine rings is 1. The number of benzene rings is 1. The van der Waals surface area contributed by atoms with Gasteiger partial charge in [0.2, 0.25) is 0 Å². The lowest BCUT2D eigenvalue weighted by Crippen LogP contribution is -2.48. The summed E-state index contributed by atoms with van der Waals surface area (Å²) < 4.78 is 6.37. The largest absolute Gasteiger partial charge is 0.365 e. The molecule has 1 saturated heterocycles.